The Hall–Kier alpha value is -4.09. The first kappa shape index (κ1) is 24.6. The second-order valence-electron chi connectivity index (χ2n) is 9.35. The van der Waals surface area contributed by atoms with Gasteiger partial charge in [-0.05, 0) is 73.4 Å². The number of benzene rings is 2. The molecule has 0 saturated heterocycles. The number of amides is 1. The zero-order chi connectivity index (χ0) is 26.0. The quantitative estimate of drug-likeness (QED) is 0.301. The molecule has 0 radical (unpaired) electrons. The van der Waals surface area contributed by atoms with Gasteiger partial charge in [0.2, 0.25) is 17.6 Å². The summed E-state index contributed by atoms with van der Waals surface area (Å²) in [4.78, 5) is 20.8. The van der Waals surface area contributed by atoms with Gasteiger partial charge >= 0.3 is 0 Å². The normalized spacial score (nSPS) is 15.1. The largest absolute Gasteiger partial charge is 0.337 e. The Kier molecular flexibility index (Phi) is 6.48. The van der Waals surface area contributed by atoms with Crippen LogP contribution in [0.15, 0.2) is 82.5 Å². The van der Waals surface area contributed by atoms with Gasteiger partial charge in [0.1, 0.15) is 0 Å². The van der Waals surface area contributed by atoms with Crippen LogP contribution in [0.4, 0.5) is 11.4 Å². The zero-order valence-electron chi connectivity index (χ0n) is 20.1. The topological polar surface area (TPSA) is 153 Å². The van der Waals surface area contributed by atoms with Crippen LogP contribution in [-0.4, -0.2) is 29.4 Å². The summed E-state index contributed by atoms with van der Waals surface area (Å²) in [6.45, 7) is 1.91. The van der Waals surface area contributed by atoms with E-state index in [2.05, 4.69) is 25.2 Å². The van der Waals surface area contributed by atoms with Crippen LogP contribution in [0.2, 0.25) is 0 Å². The van der Waals surface area contributed by atoms with E-state index in [0.29, 0.717) is 29.2 Å². The molecule has 0 spiro atoms. The van der Waals surface area contributed by atoms with E-state index in [-0.39, 0.29) is 22.1 Å². The number of anilines is 2. The summed E-state index contributed by atoms with van der Waals surface area (Å²) in [6, 6.07) is 16.0. The van der Waals surface area contributed by atoms with Gasteiger partial charge in [-0.15, -0.1) is 0 Å². The van der Waals surface area contributed by atoms with Crippen LogP contribution in [0.1, 0.15) is 37.3 Å². The van der Waals surface area contributed by atoms with Gasteiger partial charge in [0.15, 0.2) is 0 Å². The number of hydrogen-bond acceptors (Lipinski definition) is 8. The number of carbonyl (C=O) groups excluding carboxylic acids is 1. The van der Waals surface area contributed by atoms with Crippen LogP contribution >= 0.6 is 0 Å². The van der Waals surface area contributed by atoms with Crippen molar-refractivity contribution in [3.05, 3.63) is 84.5 Å². The lowest BCUT2D eigenvalue weighted by Crippen LogP contribution is -2.21. The Morgan fingerprint density at radius 3 is 2.57 bits per heavy atom. The van der Waals surface area contributed by atoms with Crippen LogP contribution in [-0.2, 0) is 21.2 Å². The van der Waals surface area contributed by atoms with E-state index in [1.165, 1.54) is 12.1 Å². The van der Waals surface area contributed by atoms with Gasteiger partial charge in [-0.25, -0.2) is 8.42 Å². The maximum absolute atomic E-state index is 12.9. The van der Waals surface area contributed by atoms with Crippen molar-refractivity contribution in [2.45, 2.75) is 37.1 Å². The van der Waals surface area contributed by atoms with Crippen LogP contribution in [0, 0.1) is 5.41 Å². The smallest absolute Gasteiger partial charge is 0.261 e. The van der Waals surface area contributed by atoms with Crippen molar-refractivity contribution < 1.29 is 17.7 Å². The maximum Gasteiger partial charge on any atom is 0.261 e. The molecule has 37 heavy (non-hydrogen) atoms. The lowest BCUT2D eigenvalue weighted by atomic mass is 10.1. The standard InChI is InChI=1S/C26H26N6O4S/c1-26(11-12-26)25(33)29-19-5-2-6-20(15-19)32-37(34,35)21-9-7-18(8-10-21)23-30-24(36-31-23)22(27)14-17-4-3-13-28-16-17/h2-10,13,15-16,22,32H,11-12,14,27H2,1H3,(H,29,33). The molecule has 2 aromatic carbocycles. The lowest BCUT2D eigenvalue weighted by molar-refractivity contribution is -0.120. The third-order valence-electron chi connectivity index (χ3n) is 6.28. The first-order valence-electron chi connectivity index (χ1n) is 11.7. The highest BCUT2D eigenvalue weighted by molar-refractivity contribution is 7.92. The number of pyridine rings is 1. The van der Waals surface area contributed by atoms with Crippen molar-refractivity contribution in [2.75, 3.05) is 10.0 Å². The van der Waals surface area contributed by atoms with Gasteiger partial charge in [0.05, 0.1) is 16.6 Å². The van der Waals surface area contributed by atoms with E-state index in [0.717, 1.165) is 18.4 Å². The SMILES string of the molecule is CC1(C(=O)Nc2cccc(NS(=O)(=O)c3ccc(-c4noc(C(N)Cc5cccnc5)n4)cc3)c2)CC1. The molecule has 1 unspecified atom stereocenters. The van der Waals surface area contributed by atoms with E-state index in [4.69, 9.17) is 10.3 Å². The fourth-order valence-electron chi connectivity index (χ4n) is 3.72. The van der Waals surface area contributed by atoms with Crippen LogP contribution in [0.5, 0.6) is 0 Å². The van der Waals surface area contributed by atoms with E-state index in [1.807, 2.05) is 19.1 Å². The van der Waals surface area contributed by atoms with Crippen molar-refractivity contribution in [1.82, 2.24) is 15.1 Å². The first-order chi connectivity index (χ1) is 17.7. The molecule has 190 valence electrons. The Morgan fingerprint density at radius 1 is 1.11 bits per heavy atom. The van der Waals surface area contributed by atoms with Crippen molar-refractivity contribution in [2.24, 2.45) is 11.1 Å². The number of nitrogens with two attached hydrogens (primary N) is 1. The molecule has 0 bridgehead atoms. The number of carbonyl (C=O) groups is 1. The fourth-order valence-corrected chi connectivity index (χ4v) is 4.77. The molecular weight excluding hydrogens is 492 g/mol. The predicted octanol–water partition coefficient (Wildman–Crippen LogP) is 3.91. The highest BCUT2D eigenvalue weighted by Crippen LogP contribution is 2.45. The molecule has 4 aromatic rings. The molecule has 1 saturated carbocycles. The Bertz CT molecular complexity index is 1520. The van der Waals surface area contributed by atoms with Crippen LogP contribution < -0.4 is 15.8 Å². The highest BCUT2D eigenvalue weighted by atomic mass is 32.2. The summed E-state index contributed by atoms with van der Waals surface area (Å²) < 4.78 is 33.8. The molecule has 1 atom stereocenters. The second-order valence-corrected chi connectivity index (χ2v) is 11.0. The summed E-state index contributed by atoms with van der Waals surface area (Å²) in [5, 5.41) is 6.83. The summed E-state index contributed by atoms with van der Waals surface area (Å²) in [5.74, 6) is 0.520. The number of sulfonamides is 1. The molecule has 10 nitrogen and oxygen atoms in total. The van der Waals surface area contributed by atoms with Crippen molar-refractivity contribution in [3.8, 4) is 11.4 Å². The van der Waals surface area contributed by atoms with Gasteiger partial charge in [0, 0.05) is 29.1 Å². The third-order valence-corrected chi connectivity index (χ3v) is 7.68. The molecule has 2 aromatic heterocycles. The Balaban J connectivity index is 1.25. The molecule has 1 aliphatic rings. The highest BCUT2D eigenvalue weighted by Gasteiger charge is 2.44. The Labute approximate surface area is 214 Å². The fraction of sp³-hybridized carbons (Fsp3) is 0.231. The number of hydrogen-bond donors (Lipinski definition) is 3. The first-order valence-corrected chi connectivity index (χ1v) is 13.2. The van der Waals surface area contributed by atoms with Gasteiger partial charge in [0.25, 0.3) is 10.0 Å². The maximum atomic E-state index is 12.9. The average molecular weight is 519 g/mol. The number of nitrogens with zero attached hydrogens (tertiary/aromatic N) is 3. The number of nitrogens with one attached hydrogen (secondary N) is 2. The molecule has 0 aliphatic heterocycles. The number of rotatable bonds is 9. The van der Waals surface area contributed by atoms with Gasteiger partial charge in [-0.3, -0.25) is 14.5 Å². The summed E-state index contributed by atoms with van der Waals surface area (Å²) in [6.07, 6.45) is 5.61. The van der Waals surface area contributed by atoms with Crippen molar-refractivity contribution >= 4 is 27.3 Å². The molecule has 2 heterocycles. The van der Waals surface area contributed by atoms with Crippen molar-refractivity contribution in [1.29, 1.82) is 0 Å². The summed E-state index contributed by atoms with van der Waals surface area (Å²) in [7, 11) is -3.87. The molecule has 1 amide bonds. The predicted molar refractivity (Wildman–Crippen MR) is 138 cm³/mol. The van der Waals surface area contributed by atoms with E-state index in [9.17, 15) is 13.2 Å². The molecular formula is C26H26N6O4S. The minimum atomic E-state index is -3.87. The monoisotopic (exact) mass is 518 g/mol. The van der Waals surface area contributed by atoms with E-state index >= 15 is 0 Å². The molecule has 1 aliphatic carbocycles. The van der Waals surface area contributed by atoms with Crippen molar-refractivity contribution in [3.63, 3.8) is 0 Å². The summed E-state index contributed by atoms with van der Waals surface area (Å²) in [5.41, 5.74) is 8.27. The van der Waals surface area contributed by atoms with Gasteiger partial charge in [-0.1, -0.05) is 24.2 Å². The molecule has 5 rings (SSSR count). The van der Waals surface area contributed by atoms with Crippen LogP contribution in [0.3, 0.4) is 0 Å². The third kappa shape index (κ3) is 5.68. The molecule has 4 N–H and O–H groups in total. The molecule has 1 fully saturated rings. The second kappa shape index (κ2) is 9.75. The average Bonchev–Trinajstić information content (AvgIpc) is 3.45. The summed E-state index contributed by atoms with van der Waals surface area (Å²) >= 11 is 0. The number of aromatic nitrogens is 3. The molecule has 11 heteroatoms. The van der Waals surface area contributed by atoms with Gasteiger partial charge < -0.3 is 15.6 Å². The van der Waals surface area contributed by atoms with Crippen LogP contribution in [0.25, 0.3) is 11.4 Å². The zero-order valence-corrected chi connectivity index (χ0v) is 20.9. The van der Waals surface area contributed by atoms with Gasteiger partial charge in [-0.2, -0.15) is 4.98 Å². The minimum absolute atomic E-state index is 0.0631. The minimum Gasteiger partial charge on any atom is -0.337 e. The lowest BCUT2D eigenvalue weighted by Gasteiger charge is -2.12. The van der Waals surface area contributed by atoms with E-state index < -0.39 is 16.1 Å². The Morgan fingerprint density at radius 2 is 1.86 bits per heavy atom. The van der Waals surface area contributed by atoms with E-state index in [1.54, 1.807) is 48.8 Å².